The van der Waals surface area contributed by atoms with Crippen LogP contribution in [0.2, 0.25) is 0 Å². The van der Waals surface area contributed by atoms with Gasteiger partial charge in [-0.1, -0.05) is 71.0 Å². The molecule has 1 unspecified atom stereocenters. The fourth-order valence-corrected chi connectivity index (χ4v) is 6.34. The maximum absolute atomic E-state index is 13.8. The monoisotopic (exact) mass is 517 g/mol. The summed E-state index contributed by atoms with van der Waals surface area (Å²) >= 11 is 1.74. The minimum absolute atomic E-state index is 0.00695. The van der Waals surface area contributed by atoms with E-state index in [0.717, 1.165) is 5.56 Å². The molecule has 0 aliphatic carbocycles. The second-order valence-electron chi connectivity index (χ2n) is 11.7. The lowest BCUT2D eigenvalue weighted by molar-refractivity contribution is -0.141. The van der Waals surface area contributed by atoms with Crippen LogP contribution in [-0.2, 0) is 14.4 Å². The van der Waals surface area contributed by atoms with Crippen molar-refractivity contribution in [2.75, 3.05) is 14.1 Å². The van der Waals surface area contributed by atoms with E-state index in [-0.39, 0.29) is 33.4 Å². The van der Waals surface area contributed by atoms with E-state index in [1.165, 1.54) is 6.92 Å². The highest BCUT2D eigenvalue weighted by Crippen LogP contribution is 2.51. The molecule has 8 heteroatoms. The molecular formula is C28H43N3O4S. The van der Waals surface area contributed by atoms with Crippen LogP contribution in [0.1, 0.15) is 66.3 Å². The minimum atomic E-state index is -1.01. The predicted octanol–water partition coefficient (Wildman–Crippen LogP) is 4.56. The summed E-state index contributed by atoms with van der Waals surface area (Å²) in [6.07, 6.45) is 1.61. The summed E-state index contributed by atoms with van der Waals surface area (Å²) in [4.78, 5) is 42.6. The molecule has 0 spiro atoms. The average Bonchev–Trinajstić information content (AvgIpc) is 3.02. The van der Waals surface area contributed by atoms with Gasteiger partial charge in [-0.25, -0.2) is 4.79 Å². The van der Waals surface area contributed by atoms with Gasteiger partial charge in [-0.3, -0.25) is 14.5 Å². The summed E-state index contributed by atoms with van der Waals surface area (Å²) in [5, 5.41) is 12.5. The van der Waals surface area contributed by atoms with Gasteiger partial charge in [-0.15, -0.1) is 11.8 Å². The van der Waals surface area contributed by atoms with Crippen LogP contribution in [0.5, 0.6) is 0 Å². The molecule has 0 bridgehead atoms. The number of nitrogens with zero attached hydrogens (tertiary/aromatic N) is 2. The normalized spacial score (nSPS) is 22.2. The summed E-state index contributed by atoms with van der Waals surface area (Å²) in [7, 11) is 3.63. The van der Waals surface area contributed by atoms with Gasteiger partial charge in [-0.05, 0) is 44.7 Å². The molecule has 0 aromatic heterocycles. The molecule has 4 atom stereocenters. The first-order valence-corrected chi connectivity index (χ1v) is 13.3. The van der Waals surface area contributed by atoms with Crippen molar-refractivity contribution in [2.24, 2.45) is 11.3 Å². The second kappa shape index (κ2) is 11.4. The topological polar surface area (TPSA) is 90.0 Å². The maximum Gasteiger partial charge on any atom is 0.331 e. The van der Waals surface area contributed by atoms with E-state index >= 15 is 0 Å². The third kappa shape index (κ3) is 6.71. The van der Waals surface area contributed by atoms with Crippen LogP contribution in [-0.4, -0.2) is 69.7 Å². The number of carboxylic acids is 1. The van der Waals surface area contributed by atoms with E-state index in [4.69, 9.17) is 0 Å². The van der Waals surface area contributed by atoms with Gasteiger partial charge in [0.25, 0.3) is 0 Å². The first-order chi connectivity index (χ1) is 16.5. The molecule has 200 valence electrons. The molecule has 2 rings (SSSR count). The zero-order valence-corrected chi connectivity index (χ0v) is 24.1. The summed E-state index contributed by atoms with van der Waals surface area (Å²) < 4.78 is -0.376. The molecule has 2 N–H and O–H groups in total. The van der Waals surface area contributed by atoms with Gasteiger partial charge in [0.05, 0.1) is 11.4 Å². The summed E-state index contributed by atoms with van der Waals surface area (Å²) in [5.41, 5.74) is 0.765. The minimum Gasteiger partial charge on any atom is -0.478 e. The van der Waals surface area contributed by atoms with Crippen LogP contribution < -0.4 is 5.32 Å². The molecule has 1 aromatic carbocycles. The lowest BCUT2D eigenvalue weighted by atomic mass is 9.84. The highest BCUT2D eigenvalue weighted by Gasteiger charge is 2.51. The van der Waals surface area contributed by atoms with E-state index in [9.17, 15) is 19.5 Å². The maximum atomic E-state index is 13.8. The third-order valence-electron chi connectivity index (χ3n) is 6.82. The molecule has 1 aliphatic rings. The van der Waals surface area contributed by atoms with Gasteiger partial charge < -0.3 is 15.3 Å². The molecule has 1 heterocycles. The Morgan fingerprint density at radius 1 is 1.17 bits per heavy atom. The van der Waals surface area contributed by atoms with Gasteiger partial charge in [-0.2, -0.15) is 0 Å². The van der Waals surface area contributed by atoms with Crippen molar-refractivity contribution in [2.45, 2.75) is 83.6 Å². The van der Waals surface area contributed by atoms with Crippen molar-refractivity contribution < 1.29 is 19.5 Å². The fraction of sp³-hybridized carbons (Fsp3) is 0.607. The number of hydrogen-bond donors (Lipinski definition) is 2. The fourth-order valence-electron chi connectivity index (χ4n) is 4.78. The van der Waals surface area contributed by atoms with Crippen molar-refractivity contribution in [3.05, 3.63) is 47.5 Å². The third-order valence-corrected chi connectivity index (χ3v) is 8.48. The van der Waals surface area contributed by atoms with Gasteiger partial charge in [0.15, 0.2) is 0 Å². The number of carboxylic acid groups (broad SMARTS) is 1. The number of rotatable bonds is 8. The van der Waals surface area contributed by atoms with Gasteiger partial charge in [0, 0.05) is 17.4 Å². The van der Waals surface area contributed by atoms with E-state index in [1.54, 1.807) is 29.8 Å². The Kier molecular flexibility index (Phi) is 9.46. The number of hydrogen-bond acceptors (Lipinski definition) is 5. The Labute approximate surface area is 220 Å². The highest BCUT2D eigenvalue weighted by molar-refractivity contribution is 8.01. The first kappa shape index (κ1) is 29.9. The van der Waals surface area contributed by atoms with E-state index < -0.39 is 29.5 Å². The predicted molar refractivity (Wildman–Crippen MR) is 147 cm³/mol. The van der Waals surface area contributed by atoms with Gasteiger partial charge in [0.2, 0.25) is 11.8 Å². The van der Waals surface area contributed by atoms with E-state index in [2.05, 4.69) is 36.2 Å². The number of amides is 2. The number of carbonyl (C=O) groups is 3. The molecule has 0 radical (unpaired) electrons. The molecule has 1 saturated heterocycles. The number of likely N-dealkylation sites (N-methyl/N-ethyl adjacent to an activating group) is 2. The Bertz CT molecular complexity index is 984. The number of benzene rings is 1. The molecule has 0 saturated carbocycles. The molecule has 1 aromatic rings. The standard InChI is InChI=1S/C28H43N3O4S/c1-17(2)20(16-18(3)26(34)35)30(9)24(33)21(27(4,5)6)29-23(32)22-28(7,8)36-25(31(22)10)19-14-12-11-13-15-19/h11-17,20-22,25H,1-10H3,(H,29,32)(H,34,35)/b18-16+/t20-,21+,22?,25+/m1/s1. The van der Waals surface area contributed by atoms with E-state index in [1.807, 2.05) is 59.9 Å². The second-order valence-corrected chi connectivity index (χ2v) is 13.4. The van der Waals surface area contributed by atoms with Crippen LogP contribution >= 0.6 is 11.8 Å². The van der Waals surface area contributed by atoms with Crippen molar-refractivity contribution in [3.8, 4) is 0 Å². The number of carbonyl (C=O) groups excluding carboxylic acids is 2. The van der Waals surface area contributed by atoms with Crippen LogP contribution in [0.15, 0.2) is 42.0 Å². The van der Waals surface area contributed by atoms with Crippen molar-refractivity contribution in [1.82, 2.24) is 15.1 Å². The Balaban J connectivity index is 2.34. The molecule has 1 fully saturated rings. The van der Waals surface area contributed by atoms with Crippen LogP contribution in [0, 0.1) is 11.3 Å². The summed E-state index contributed by atoms with van der Waals surface area (Å²) in [5.74, 6) is -1.45. The lowest BCUT2D eigenvalue weighted by Crippen LogP contribution is -2.60. The van der Waals surface area contributed by atoms with Crippen LogP contribution in [0.25, 0.3) is 0 Å². The SMILES string of the molecule is C/C(=C\[C@H](C(C)C)N(C)C(=O)[C@H](NC(=O)C1N(C)[C@H](c2ccccc2)SC1(C)C)C(C)(C)C)C(=O)O. The van der Waals surface area contributed by atoms with Crippen molar-refractivity contribution in [3.63, 3.8) is 0 Å². The first-order valence-electron chi connectivity index (χ1n) is 12.4. The van der Waals surface area contributed by atoms with E-state index in [0.29, 0.717) is 0 Å². The Morgan fingerprint density at radius 3 is 2.19 bits per heavy atom. The zero-order valence-electron chi connectivity index (χ0n) is 23.3. The molecule has 36 heavy (non-hydrogen) atoms. The van der Waals surface area contributed by atoms with Crippen molar-refractivity contribution in [1.29, 1.82) is 0 Å². The Morgan fingerprint density at radius 2 is 1.72 bits per heavy atom. The van der Waals surface area contributed by atoms with Gasteiger partial charge >= 0.3 is 5.97 Å². The van der Waals surface area contributed by atoms with Crippen molar-refractivity contribution >= 4 is 29.5 Å². The Hall–Kier alpha value is -2.32. The summed E-state index contributed by atoms with van der Waals surface area (Å²) in [6.45, 7) is 15.3. The quantitative estimate of drug-likeness (QED) is 0.492. The zero-order chi connectivity index (χ0) is 27.6. The van der Waals surface area contributed by atoms with Crippen LogP contribution in [0.3, 0.4) is 0 Å². The van der Waals surface area contributed by atoms with Gasteiger partial charge in [0.1, 0.15) is 12.1 Å². The molecule has 7 nitrogen and oxygen atoms in total. The summed E-state index contributed by atoms with van der Waals surface area (Å²) in [6, 6.07) is 8.48. The average molecular weight is 518 g/mol. The lowest BCUT2D eigenvalue weighted by Gasteiger charge is -2.39. The van der Waals surface area contributed by atoms with Crippen LogP contribution in [0.4, 0.5) is 0 Å². The number of nitrogens with one attached hydrogen (secondary N) is 1. The molecular weight excluding hydrogens is 474 g/mol. The molecule has 2 amide bonds. The molecule has 1 aliphatic heterocycles. The number of aliphatic carboxylic acids is 1. The highest BCUT2D eigenvalue weighted by atomic mass is 32.2. The number of thioether (sulfide) groups is 1. The smallest absolute Gasteiger partial charge is 0.331 e. The largest absolute Gasteiger partial charge is 0.478 e.